The SMILES string of the molecule is CS(=O)(=O)c1ccc(Br)c(S(=O)(=O)NCc2cccnc2OC2CCCC2)c1. The standard InChI is InChI=1S/C18H21BrN2O5S2/c1-27(22,23)15-8-9-16(19)17(11-15)28(24,25)21-12-13-5-4-10-20-18(13)26-14-6-2-3-7-14/h4-5,8-11,14,21H,2-3,6-7,12H2,1H3. The second kappa shape index (κ2) is 8.48. The fourth-order valence-electron chi connectivity index (χ4n) is 3.00. The maximum absolute atomic E-state index is 12.8. The van der Waals surface area contributed by atoms with Gasteiger partial charge >= 0.3 is 0 Å². The summed E-state index contributed by atoms with van der Waals surface area (Å²) < 4.78 is 57.8. The van der Waals surface area contributed by atoms with E-state index in [9.17, 15) is 16.8 Å². The molecule has 1 aliphatic carbocycles. The zero-order valence-electron chi connectivity index (χ0n) is 15.3. The minimum absolute atomic E-state index is 0.0201. The molecule has 1 N–H and O–H groups in total. The monoisotopic (exact) mass is 488 g/mol. The van der Waals surface area contributed by atoms with E-state index in [0.29, 0.717) is 11.4 Å². The third-order valence-electron chi connectivity index (χ3n) is 4.50. The summed E-state index contributed by atoms with van der Waals surface area (Å²) >= 11 is 3.18. The van der Waals surface area contributed by atoms with Gasteiger partial charge < -0.3 is 4.74 Å². The quantitative estimate of drug-likeness (QED) is 0.642. The van der Waals surface area contributed by atoms with E-state index in [-0.39, 0.29) is 26.9 Å². The summed E-state index contributed by atoms with van der Waals surface area (Å²) in [4.78, 5) is 4.03. The highest BCUT2D eigenvalue weighted by Gasteiger charge is 2.22. The van der Waals surface area contributed by atoms with E-state index < -0.39 is 19.9 Å². The molecule has 0 amide bonds. The maximum Gasteiger partial charge on any atom is 0.242 e. The van der Waals surface area contributed by atoms with E-state index >= 15 is 0 Å². The number of hydrogen-bond donors (Lipinski definition) is 1. The summed E-state index contributed by atoms with van der Waals surface area (Å²) in [6.07, 6.45) is 6.90. The van der Waals surface area contributed by atoms with Gasteiger partial charge in [0.05, 0.1) is 9.79 Å². The minimum Gasteiger partial charge on any atom is -0.474 e. The fourth-order valence-corrected chi connectivity index (χ4v) is 5.72. The number of rotatable bonds is 7. The number of nitrogens with one attached hydrogen (secondary N) is 1. The summed E-state index contributed by atoms with van der Waals surface area (Å²) in [6, 6.07) is 7.37. The summed E-state index contributed by atoms with van der Waals surface area (Å²) in [5.41, 5.74) is 0.619. The van der Waals surface area contributed by atoms with Gasteiger partial charge in [-0.25, -0.2) is 26.5 Å². The van der Waals surface area contributed by atoms with Gasteiger partial charge in [-0.05, 0) is 65.9 Å². The van der Waals surface area contributed by atoms with Crippen LogP contribution in [-0.2, 0) is 26.4 Å². The molecule has 10 heteroatoms. The number of sulfone groups is 1. The Balaban J connectivity index is 1.81. The third-order valence-corrected chi connectivity index (χ3v) is 8.01. The van der Waals surface area contributed by atoms with Gasteiger partial charge in [0, 0.05) is 29.0 Å². The van der Waals surface area contributed by atoms with Crippen LogP contribution in [-0.4, -0.2) is 34.2 Å². The van der Waals surface area contributed by atoms with Crippen LogP contribution in [0.1, 0.15) is 31.2 Å². The number of benzene rings is 1. The molecule has 1 heterocycles. The second-order valence-electron chi connectivity index (χ2n) is 6.68. The third kappa shape index (κ3) is 5.11. The largest absolute Gasteiger partial charge is 0.474 e. The molecule has 0 spiro atoms. The first-order valence-electron chi connectivity index (χ1n) is 8.76. The highest BCUT2D eigenvalue weighted by atomic mass is 79.9. The van der Waals surface area contributed by atoms with Crippen LogP contribution in [0.2, 0.25) is 0 Å². The van der Waals surface area contributed by atoms with E-state index in [4.69, 9.17) is 4.74 Å². The van der Waals surface area contributed by atoms with Crippen molar-refractivity contribution in [3.8, 4) is 5.88 Å². The van der Waals surface area contributed by atoms with Crippen molar-refractivity contribution in [2.75, 3.05) is 6.26 Å². The smallest absolute Gasteiger partial charge is 0.242 e. The van der Waals surface area contributed by atoms with Crippen LogP contribution in [0.25, 0.3) is 0 Å². The van der Waals surface area contributed by atoms with Crippen LogP contribution in [0.4, 0.5) is 0 Å². The van der Waals surface area contributed by atoms with Crippen molar-refractivity contribution in [2.24, 2.45) is 0 Å². The lowest BCUT2D eigenvalue weighted by Crippen LogP contribution is -2.25. The molecule has 0 atom stereocenters. The molecule has 1 aromatic heterocycles. The molecule has 1 saturated carbocycles. The van der Waals surface area contributed by atoms with Crippen LogP contribution >= 0.6 is 15.9 Å². The Kier molecular flexibility index (Phi) is 6.43. The second-order valence-corrected chi connectivity index (χ2v) is 11.3. The Morgan fingerprint density at radius 2 is 1.89 bits per heavy atom. The van der Waals surface area contributed by atoms with Crippen molar-refractivity contribution in [3.05, 3.63) is 46.6 Å². The molecular weight excluding hydrogens is 468 g/mol. The van der Waals surface area contributed by atoms with Gasteiger partial charge in [-0.1, -0.05) is 6.07 Å². The number of ether oxygens (including phenoxy) is 1. The normalized spacial score (nSPS) is 15.6. The van der Waals surface area contributed by atoms with Gasteiger partial charge in [0.25, 0.3) is 0 Å². The van der Waals surface area contributed by atoms with Gasteiger partial charge in [0.1, 0.15) is 6.10 Å². The van der Waals surface area contributed by atoms with Crippen LogP contribution < -0.4 is 9.46 Å². The molecule has 0 aliphatic heterocycles. The van der Waals surface area contributed by atoms with Crippen LogP contribution in [0.3, 0.4) is 0 Å². The summed E-state index contributed by atoms with van der Waals surface area (Å²) in [5, 5.41) is 0. The van der Waals surface area contributed by atoms with E-state index in [1.54, 1.807) is 18.3 Å². The van der Waals surface area contributed by atoms with E-state index in [1.807, 2.05) is 0 Å². The number of hydrogen-bond acceptors (Lipinski definition) is 6. The lowest BCUT2D eigenvalue weighted by atomic mass is 10.2. The average molecular weight is 489 g/mol. The Hall–Kier alpha value is -1.49. The summed E-state index contributed by atoms with van der Waals surface area (Å²) in [7, 11) is -7.49. The molecule has 7 nitrogen and oxygen atoms in total. The van der Waals surface area contributed by atoms with Gasteiger partial charge in [0.15, 0.2) is 9.84 Å². The van der Waals surface area contributed by atoms with Crippen molar-refractivity contribution in [1.82, 2.24) is 9.71 Å². The molecular formula is C18H21BrN2O5S2. The molecule has 3 rings (SSSR count). The highest BCUT2D eigenvalue weighted by molar-refractivity contribution is 9.10. The molecule has 0 saturated heterocycles. The molecule has 1 fully saturated rings. The molecule has 0 bridgehead atoms. The Morgan fingerprint density at radius 1 is 1.18 bits per heavy atom. The molecule has 1 aromatic carbocycles. The molecule has 28 heavy (non-hydrogen) atoms. The Morgan fingerprint density at radius 3 is 2.57 bits per heavy atom. The van der Waals surface area contributed by atoms with Crippen molar-refractivity contribution in [3.63, 3.8) is 0 Å². The van der Waals surface area contributed by atoms with Crippen molar-refractivity contribution >= 4 is 35.8 Å². The number of nitrogens with zero attached hydrogens (tertiary/aromatic N) is 1. The van der Waals surface area contributed by atoms with Crippen molar-refractivity contribution < 1.29 is 21.6 Å². The number of aromatic nitrogens is 1. The first kappa shape index (κ1) is 21.2. The minimum atomic E-state index is -3.96. The van der Waals surface area contributed by atoms with Crippen LogP contribution in [0.15, 0.2) is 50.8 Å². The van der Waals surface area contributed by atoms with E-state index in [1.165, 1.54) is 12.1 Å². The molecule has 2 aromatic rings. The van der Waals surface area contributed by atoms with Crippen molar-refractivity contribution in [2.45, 2.75) is 48.1 Å². The number of sulfonamides is 1. The molecule has 0 radical (unpaired) electrons. The predicted octanol–water partition coefficient (Wildman–Crippen LogP) is 3.05. The Labute approximate surface area is 173 Å². The highest BCUT2D eigenvalue weighted by Crippen LogP contribution is 2.27. The number of halogens is 1. The van der Waals surface area contributed by atoms with Gasteiger partial charge in [-0.2, -0.15) is 0 Å². The van der Waals surface area contributed by atoms with Crippen molar-refractivity contribution in [1.29, 1.82) is 0 Å². The van der Waals surface area contributed by atoms with E-state index in [2.05, 4.69) is 25.6 Å². The fraction of sp³-hybridized carbons (Fsp3) is 0.389. The topological polar surface area (TPSA) is 102 Å². The summed E-state index contributed by atoms with van der Waals surface area (Å²) in [5.74, 6) is 0.418. The molecule has 1 aliphatic rings. The summed E-state index contributed by atoms with van der Waals surface area (Å²) in [6.45, 7) is -0.0201. The lowest BCUT2D eigenvalue weighted by Gasteiger charge is -2.16. The lowest BCUT2D eigenvalue weighted by molar-refractivity contribution is 0.199. The molecule has 0 unspecified atom stereocenters. The number of pyridine rings is 1. The maximum atomic E-state index is 12.8. The average Bonchev–Trinajstić information content (AvgIpc) is 3.13. The van der Waals surface area contributed by atoms with Gasteiger partial charge in [-0.15, -0.1) is 0 Å². The zero-order valence-corrected chi connectivity index (χ0v) is 18.5. The zero-order chi connectivity index (χ0) is 20.4. The van der Waals surface area contributed by atoms with E-state index in [0.717, 1.165) is 38.0 Å². The first-order valence-corrected chi connectivity index (χ1v) is 12.9. The van der Waals surface area contributed by atoms with Gasteiger partial charge in [0.2, 0.25) is 15.9 Å². The van der Waals surface area contributed by atoms with Gasteiger partial charge in [-0.3, -0.25) is 0 Å². The molecule has 152 valence electrons. The predicted molar refractivity (Wildman–Crippen MR) is 108 cm³/mol. The van der Waals surface area contributed by atoms with Crippen LogP contribution in [0.5, 0.6) is 5.88 Å². The van der Waals surface area contributed by atoms with Crippen LogP contribution in [0, 0.1) is 0 Å². The first-order chi connectivity index (χ1) is 13.2. The Bertz CT molecular complexity index is 1070.